The molecule has 3 nitrogen and oxygen atoms in total. The number of nitriles is 1. The Balaban J connectivity index is 2.52. The summed E-state index contributed by atoms with van der Waals surface area (Å²) in [6, 6.07) is 4.27. The normalized spacial score (nSPS) is 14.4. The Morgan fingerprint density at radius 1 is 1.62 bits per heavy atom. The van der Waals surface area contributed by atoms with Crippen LogP contribution >= 0.6 is 11.8 Å². The quantitative estimate of drug-likeness (QED) is 0.774. The second-order valence-corrected chi connectivity index (χ2v) is 5.02. The van der Waals surface area contributed by atoms with Crippen LogP contribution in [0.2, 0.25) is 0 Å². The van der Waals surface area contributed by atoms with E-state index in [-0.39, 0.29) is 0 Å². The van der Waals surface area contributed by atoms with Gasteiger partial charge in [-0.15, -0.1) is 11.8 Å². The Hall–Kier alpha value is -0.920. The SMILES string of the molecule is CCCNC(C)(C#N)CSc1ccoc1C. The predicted octanol–water partition coefficient (Wildman–Crippen LogP) is 2.96. The Morgan fingerprint density at radius 3 is 2.88 bits per heavy atom. The van der Waals surface area contributed by atoms with Gasteiger partial charge in [0.05, 0.1) is 12.3 Å². The molecule has 0 aliphatic rings. The number of hydrogen-bond acceptors (Lipinski definition) is 4. The molecule has 1 aromatic rings. The topological polar surface area (TPSA) is 49.0 Å². The number of furan rings is 1. The number of nitrogens with one attached hydrogen (secondary N) is 1. The van der Waals surface area contributed by atoms with Crippen LogP contribution in [0.3, 0.4) is 0 Å². The molecule has 0 saturated carbocycles. The van der Waals surface area contributed by atoms with Crippen molar-refractivity contribution in [2.45, 2.75) is 37.6 Å². The van der Waals surface area contributed by atoms with E-state index in [4.69, 9.17) is 9.68 Å². The second kappa shape index (κ2) is 5.97. The van der Waals surface area contributed by atoms with E-state index in [1.807, 2.05) is 19.9 Å². The molecular weight excluding hydrogens is 220 g/mol. The highest BCUT2D eigenvalue weighted by Gasteiger charge is 2.23. The van der Waals surface area contributed by atoms with Crippen LogP contribution in [0.15, 0.2) is 21.6 Å². The summed E-state index contributed by atoms with van der Waals surface area (Å²) in [6.07, 6.45) is 2.72. The predicted molar refractivity (Wildman–Crippen MR) is 66.5 cm³/mol. The number of aryl methyl sites for hydroxylation is 1. The van der Waals surface area contributed by atoms with Crippen LogP contribution in [-0.2, 0) is 0 Å². The Morgan fingerprint density at radius 2 is 2.38 bits per heavy atom. The molecule has 1 rings (SSSR count). The molecule has 0 bridgehead atoms. The maximum absolute atomic E-state index is 9.16. The highest BCUT2D eigenvalue weighted by atomic mass is 32.2. The van der Waals surface area contributed by atoms with Crippen LogP contribution in [0, 0.1) is 18.3 Å². The maximum atomic E-state index is 9.16. The van der Waals surface area contributed by atoms with Crippen LogP contribution in [-0.4, -0.2) is 17.8 Å². The van der Waals surface area contributed by atoms with E-state index in [1.54, 1.807) is 18.0 Å². The minimum atomic E-state index is -0.468. The zero-order valence-corrected chi connectivity index (χ0v) is 10.9. The number of hydrogen-bond donors (Lipinski definition) is 1. The van der Waals surface area contributed by atoms with E-state index in [2.05, 4.69) is 18.3 Å². The average molecular weight is 238 g/mol. The molecule has 0 radical (unpaired) electrons. The summed E-state index contributed by atoms with van der Waals surface area (Å²) in [7, 11) is 0. The smallest absolute Gasteiger partial charge is 0.114 e. The minimum absolute atomic E-state index is 0.468. The average Bonchev–Trinajstić information content (AvgIpc) is 2.70. The number of rotatable bonds is 6. The van der Waals surface area contributed by atoms with E-state index >= 15 is 0 Å². The second-order valence-electron chi connectivity index (χ2n) is 4.00. The van der Waals surface area contributed by atoms with Crippen LogP contribution in [0.4, 0.5) is 0 Å². The fourth-order valence-corrected chi connectivity index (χ4v) is 2.28. The highest BCUT2D eigenvalue weighted by Crippen LogP contribution is 2.26. The molecule has 88 valence electrons. The first kappa shape index (κ1) is 13.1. The summed E-state index contributed by atoms with van der Waals surface area (Å²) in [5.74, 6) is 1.64. The van der Waals surface area contributed by atoms with Gasteiger partial charge in [0.2, 0.25) is 0 Å². The largest absolute Gasteiger partial charge is 0.468 e. The molecule has 1 N–H and O–H groups in total. The lowest BCUT2D eigenvalue weighted by Crippen LogP contribution is -2.43. The first-order valence-electron chi connectivity index (χ1n) is 5.44. The fraction of sp³-hybridized carbons (Fsp3) is 0.583. The molecule has 0 aliphatic carbocycles. The van der Waals surface area contributed by atoms with Crippen LogP contribution in [0.25, 0.3) is 0 Å². The summed E-state index contributed by atoms with van der Waals surface area (Å²) >= 11 is 1.66. The van der Waals surface area contributed by atoms with Gasteiger partial charge in [0.1, 0.15) is 11.3 Å². The van der Waals surface area contributed by atoms with Gasteiger partial charge in [-0.05, 0) is 32.9 Å². The van der Waals surface area contributed by atoms with Crippen molar-refractivity contribution < 1.29 is 4.42 Å². The lowest BCUT2D eigenvalue weighted by atomic mass is 10.1. The molecule has 4 heteroatoms. The van der Waals surface area contributed by atoms with Crippen molar-refractivity contribution in [2.24, 2.45) is 0 Å². The Kier molecular flexibility index (Phi) is 4.91. The van der Waals surface area contributed by atoms with Crippen molar-refractivity contribution in [3.8, 4) is 6.07 Å². The van der Waals surface area contributed by atoms with Crippen molar-refractivity contribution in [2.75, 3.05) is 12.3 Å². The van der Waals surface area contributed by atoms with Crippen LogP contribution in [0.5, 0.6) is 0 Å². The molecule has 0 spiro atoms. The van der Waals surface area contributed by atoms with Crippen LogP contribution in [0.1, 0.15) is 26.0 Å². The molecule has 0 aliphatic heterocycles. The van der Waals surface area contributed by atoms with Gasteiger partial charge < -0.3 is 4.42 Å². The van der Waals surface area contributed by atoms with E-state index in [9.17, 15) is 0 Å². The van der Waals surface area contributed by atoms with Gasteiger partial charge >= 0.3 is 0 Å². The lowest BCUT2D eigenvalue weighted by Gasteiger charge is -2.22. The first-order chi connectivity index (χ1) is 7.61. The molecule has 16 heavy (non-hydrogen) atoms. The minimum Gasteiger partial charge on any atom is -0.468 e. The van der Waals surface area contributed by atoms with Gasteiger partial charge in [0.25, 0.3) is 0 Å². The third-order valence-corrected chi connectivity index (χ3v) is 3.80. The third kappa shape index (κ3) is 3.58. The number of thioether (sulfide) groups is 1. The summed E-state index contributed by atoms with van der Waals surface area (Å²) in [5.41, 5.74) is -0.468. The van der Waals surface area contributed by atoms with Crippen molar-refractivity contribution in [3.63, 3.8) is 0 Å². The van der Waals surface area contributed by atoms with Crippen molar-refractivity contribution in [1.29, 1.82) is 5.26 Å². The Bertz CT molecular complexity index is 369. The van der Waals surface area contributed by atoms with Crippen molar-refractivity contribution in [1.82, 2.24) is 5.32 Å². The summed E-state index contributed by atoms with van der Waals surface area (Å²) in [4.78, 5) is 1.11. The van der Waals surface area contributed by atoms with Gasteiger partial charge in [-0.3, -0.25) is 5.32 Å². The van der Waals surface area contributed by atoms with Gasteiger partial charge in [-0.25, -0.2) is 0 Å². The summed E-state index contributed by atoms with van der Waals surface area (Å²) in [6.45, 7) is 6.84. The zero-order chi connectivity index (χ0) is 12.0. The van der Waals surface area contributed by atoms with Crippen molar-refractivity contribution >= 4 is 11.8 Å². The zero-order valence-electron chi connectivity index (χ0n) is 10.0. The highest BCUT2D eigenvalue weighted by molar-refractivity contribution is 7.99. The molecule has 0 amide bonds. The summed E-state index contributed by atoms with van der Waals surface area (Å²) in [5, 5.41) is 12.4. The van der Waals surface area contributed by atoms with E-state index in [0.717, 1.165) is 29.4 Å². The van der Waals surface area contributed by atoms with Gasteiger partial charge in [-0.2, -0.15) is 5.26 Å². The molecular formula is C12H18N2OS. The number of nitrogens with zero attached hydrogens (tertiary/aromatic N) is 1. The van der Waals surface area contributed by atoms with Gasteiger partial charge in [0.15, 0.2) is 0 Å². The molecule has 1 heterocycles. The first-order valence-corrected chi connectivity index (χ1v) is 6.43. The Labute approximate surface area is 101 Å². The molecule has 1 aromatic heterocycles. The molecule has 1 unspecified atom stereocenters. The molecule has 0 aromatic carbocycles. The monoisotopic (exact) mass is 238 g/mol. The fourth-order valence-electron chi connectivity index (χ4n) is 1.27. The third-order valence-electron chi connectivity index (χ3n) is 2.34. The van der Waals surface area contributed by atoms with E-state index < -0.39 is 5.54 Å². The molecule has 1 atom stereocenters. The van der Waals surface area contributed by atoms with Crippen molar-refractivity contribution in [3.05, 3.63) is 18.1 Å². The van der Waals surface area contributed by atoms with Gasteiger partial charge in [-0.1, -0.05) is 6.92 Å². The van der Waals surface area contributed by atoms with E-state index in [1.165, 1.54) is 0 Å². The standard InChI is InChI=1S/C12H18N2OS/c1-4-6-14-12(3,8-13)9-16-11-5-7-15-10(11)2/h5,7,14H,4,6,9H2,1-3H3. The maximum Gasteiger partial charge on any atom is 0.114 e. The molecule has 0 fully saturated rings. The molecule has 0 saturated heterocycles. The summed E-state index contributed by atoms with van der Waals surface area (Å²) < 4.78 is 5.22. The van der Waals surface area contributed by atoms with Crippen LogP contribution < -0.4 is 5.32 Å². The van der Waals surface area contributed by atoms with E-state index in [0.29, 0.717) is 0 Å². The lowest BCUT2D eigenvalue weighted by molar-refractivity contribution is 0.493. The van der Waals surface area contributed by atoms with Gasteiger partial charge in [0, 0.05) is 10.6 Å².